The largest absolute Gasteiger partial charge is 0.493 e. The van der Waals surface area contributed by atoms with Crippen molar-refractivity contribution in [1.82, 2.24) is 10.0 Å². The van der Waals surface area contributed by atoms with Crippen molar-refractivity contribution in [3.05, 3.63) is 53.1 Å². The molecule has 1 amide bonds. The van der Waals surface area contributed by atoms with E-state index in [0.717, 1.165) is 5.56 Å². The number of para-hydroxylation sites is 1. The molecule has 0 bridgehead atoms. The van der Waals surface area contributed by atoms with E-state index in [1.165, 1.54) is 6.92 Å². The fraction of sp³-hybridized carbons (Fsp3) is 0.458. The molecule has 0 spiro atoms. The fourth-order valence-corrected chi connectivity index (χ4v) is 4.18. The number of benzene rings is 2. The summed E-state index contributed by atoms with van der Waals surface area (Å²) in [6, 6.07) is 11.9. The van der Waals surface area contributed by atoms with Crippen LogP contribution in [0, 0.1) is 5.92 Å². The van der Waals surface area contributed by atoms with Gasteiger partial charge in [-0.15, -0.1) is 0 Å². The smallest absolute Gasteiger partial charge is 0.238 e. The Bertz CT molecular complexity index is 1050. The van der Waals surface area contributed by atoms with E-state index in [2.05, 4.69) is 10.0 Å². The Morgan fingerprint density at radius 1 is 1.03 bits per heavy atom. The number of halogens is 1. The predicted octanol–water partition coefficient (Wildman–Crippen LogP) is 3.43. The van der Waals surface area contributed by atoms with E-state index in [4.69, 9.17) is 25.8 Å². The molecule has 188 valence electrons. The molecule has 8 nitrogen and oxygen atoms in total. The second-order valence-corrected chi connectivity index (χ2v) is 10.3. The highest BCUT2D eigenvalue weighted by atomic mass is 35.5. The minimum absolute atomic E-state index is 0.0795. The highest BCUT2D eigenvalue weighted by Gasteiger charge is 2.26. The SMILES string of the molecule is CCS(=O)(=O)N[C@H](C(=O)NCCc1ccc(OCCOc2ccccc2Cl)c(OC)c1)C(C)C. The lowest BCUT2D eigenvalue weighted by atomic mass is 10.0. The van der Waals surface area contributed by atoms with Gasteiger partial charge >= 0.3 is 0 Å². The number of nitrogens with one attached hydrogen (secondary N) is 2. The van der Waals surface area contributed by atoms with Crippen molar-refractivity contribution in [2.75, 3.05) is 32.6 Å². The zero-order valence-corrected chi connectivity index (χ0v) is 21.5. The Morgan fingerprint density at radius 2 is 1.71 bits per heavy atom. The van der Waals surface area contributed by atoms with Crippen LogP contribution in [0.2, 0.25) is 5.02 Å². The maximum atomic E-state index is 12.5. The normalized spacial score (nSPS) is 12.3. The third kappa shape index (κ3) is 8.70. The van der Waals surface area contributed by atoms with Crippen molar-refractivity contribution in [1.29, 1.82) is 0 Å². The Labute approximate surface area is 207 Å². The summed E-state index contributed by atoms with van der Waals surface area (Å²) < 4.78 is 43.0. The van der Waals surface area contributed by atoms with Crippen LogP contribution < -0.4 is 24.2 Å². The third-order valence-corrected chi connectivity index (χ3v) is 6.70. The molecule has 2 N–H and O–H groups in total. The highest BCUT2D eigenvalue weighted by Crippen LogP contribution is 2.28. The van der Waals surface area contributed by atoms with Crippen LogP contribution >= 0.6 is 11.6 Å². The Hall–Kier alpha value is -2.49. The topological polar surface area (TPSA) is 103 Å². The molecule has 2 aromatic carbocycles. The summed E-state index contributed by atoms with van der Waals surface area (Å²) in [5.41, 5.74) is 0.937. The van der Waals surface area contributed by atoms with Crippen LogP contribution in [-0.4, -0.2) is 53.0 Å². The maximum Gasteiger partial charge on any atom is 0.238 e. The molecule has 10 heteroatoms. The maximum absolute atomic E-state index is 12.5. The molecule has 0 aliphatic rings. The molecule has 1 atom stereocenters. The molecule has 0 aromatic heterocycles. The Kier molecular flexibility index (Phi) is 10.9. The molecular weight excluding hydrogens is 480 g/mol. The summed E-state index contributed by atoms with van der Waals surface area (Å²) in [5, 5.41) is 3.35. The number of amides is 1. The monoisotopic (exact) mass is 512 g/mol. The number of methoxy groups -OCH3 is 1. The number of ether oxygens (including phenoxy) is 3. The number of sulfonamides is 1. The molecule has 0 heterocycles. The minimum Gasteiger partial charge on any atom is -0.493 e. The quantitative estimate of drug-likeness (QED) is 0.376. The predicted molar refractivity (Wildman–Crippen MR) is 133 cm³/mol. The van der Waals surface area contributed by atoms with E-state index in [-0.39, 0.29) is 17.6 Å². The van der Waals surface area contributed by atoms with Gasteiger partial charge in [0.2, 0.25) is 15.9 Å². The fourth-order valence-electron chi connectivity index (χ4n) is 3.06. The van der Waals surface area contributed by atoms with Crippen LogP contribution in [0.5, 0.6) is 17.2 Å². The van der Waals surface area contributed by atoms with E-state index in [1.54, 1.807) is 39.2 Å². The number of hydrogen-bond donors (Lipinski definition) is 2. The van der Waals surface area contributed by atoms with Gasteiger partial charge in [0.25, 0.3) is 0 Å². The van der Waals surface area contributed by atoms with Crippen LogP contribution in [0.3, 0.4) is 0 Å². The first-order chi connectivity index (χ1) is 16.2. The molecule has 0 radical (unpaired) electrons. The Balaban J connectivity index is 1.86. The molecule has 2 rings (SSSR count). The molecule has 0 unspecified atom stereocenters. The first kappa shape index (κ1) is 27.8. The van der Waals surface area contributed by atoms with Crippen LogP contribution in [0.15, 0.2) is 42.5 Å². The van der Waals surface area contributed by atoms with E-state index >= 15 is 0 Å². The zero-order chi connectivity index (χ0) is 25.1. The van der Waals surface area contributed by atoms with Gasteiger partial charge in [0.1, 0.15) is 25.0 Å². The van der Waals surface area contributed by atoms with Gasteiger partial charge in [-0.1, -0.05) is 43.6 Å². The number of carbonyl (C=O) groups is 1. The van der Waals surface area contributed by atoms with Gasteiger partial charge in [0.05, 0.1) is 17.9 Å². The van der Waals surface area contributed by atoms with Gasteiger partial charge in [-0.2, -0.15) is 0 Å². The number of carbonyl (C=O) groups excluding carboxylic acids is 1. The van der Waals surface area contributed by atoms with Crippen LogP contribution in [-0.2, 0) is 21.2 Å². The van der Waals surface area contributed by atoms with Crippen molar-refractivity contribution in [2.45, 2.75) is 33.2 Å². The summed E-state index contributed by atoms with van der Waals surface area (Å²) in [7, 11) is -1.93. The van der Waals surface area contributed by atoms with Crippen molar-refractivity contribution in [3.63, 3.8) is 0 Å². The van der Waals surface area contributed by atoms with Gasteiger partial charge in [-0.3, -0.25) is 4.79 Å². The van der Waals surface area contributed by atoms with Crippen LogP contribution in [0.25, 0.3) is 0 Å². The average Bonchev–Trinajstić information content (AvgIpc) is 2.81. The number of hydrogen-bond acceptors (Lipinski definition) is 6. The van der Waals surface area contributed by atoms with Crippen molar-refractivity contribution in [2.24, 2.45) is 5.92 Å². The lowest BCUT2D eigenvalue weighted by molar-refractivity contribution is -0.123. The molecular formula is C24H33ClN2O6S. The van der Waals surface area contributed by atoms with Crippen molar-refractivity contribution < 1.29 is 27.4 Å². The molecule has 0 fully saturated rings. The van der Waals surface area contributed by atoms with E-state index in [0.29, 0.717) is 48.5 Å². The van der Waals surface area contributed by atoms with Gasteiger partial charge < -0.3 is 19.5 Å². The van der Waals surface area contributed by atoms with Gasteiger partial charge in [0, 0.05) is 6.54 Å². The second kappa shape index (κ2) is 13.4. The van der Waals surface area contributed by atoms with Gasteiger partial charge in [-0.05, 0) is 49.1 Å². The molecule has 0 aliphatic heterocycles. The Morgan fingerprint density at radius 3 is 2.32 bits per heavy atom. The first-order valence-corrected chi connectivity index (χ1v) is 13.1. The summed E-state index contributed by atoms with van der Waals surface area (Å²) in [6.07, 6.45) is 0.545. The zero-order valence-electron chi connectivity index (χ0n) is 20.0. The van der Waals surface area contributed by atoms with Crippen LogP contribution in [0.4, 0.5) is 0 Å². The summed E-state index contributed by atoms with van der Waals surface area (Å²) in [6.45, 7) is 6.10. The van der Waals surface area contributed by atoms with Crippen molar-refractivity contribution >= 4 is 27.5 Å². The molecule has 0 aliphatic carbocycles. The lowest BCUT2D eigenvalue weighted by Gasteiger charge is -2.21. The van der Waals surface area contributed by atoms with Gasteiger partial charge in [0.15, 0.2) is 11.5 Å². The summed E-state index contributed by atoms with van der Waals surface area (Å²) in [5.74, 6) is 1.13. The summed E-state index contributed by atoms with van der Waals surface area (Å²) >= 11 is 6.07. The molecule has 0 saturated carbocycles. The molecule has 0 saturated heterocycles. The van der Waals surface area contributed by atoms with E-state index in [1.807, 2.05) is 24.3 Å². The summed E-state index contributed by atoms with van der Waals surface area (Å²) in [4.78, 5) is 12.5. The standard InChI is InChI=1S/C24H33ClN2O6S/c1-5-34(29,30)27-23(17(2)3)24(28)26-13-12-18-10-11-21(22(16-18)31-4)33-15-14-32-20-9-7-6-8-19(20)25/h6-11,16-17,23,27H,5,12-15H2,1-4H3,(H,26,28)/t23-/m0/s1. The van der Waals surface area contributed by atoms with E-state index < -0.39 is 16.1 Å². The number of rotatable bonds is 14. The molecule has 34 heavy (non-hydrogen) atoms. The highest BCUT2D eigenvalue weighted by molar-refractivity contribution is 7.89. The molecule has 2 aromatic rings. The van der Waals surface area contributed by atoms with E-state index in [9.17, 15) is 13.2 Å². The second-order valence-electron chi connectivity index (χ2n) is 7.90. The average molecular weight is 513 g/mol. The minimum atomic E-state index is -3.48. The van der Waals surface area contributed by atoms with Gasteiger partial charge in [-0.25, -0.2) is 13.1 Å². The van der Waals surface area contributed by atoms with Crippen molar-refractivity contribution in [3.8, 4) is 17.2 Å². The lowest BCUT2D eigenvalue weighted by Crippen LogP contribution is -2.50. The van der Waals surface area contributed by atoms with Crippen LogP contribution in [0.1, 0.15) is 26.3 Å². The third-order valence-electron chi connectivity index (χ3n) is 5.01. The first-order valence-electron chi connectivity index (χ1n) is 11.1.